The van der Waals surface area contributed by atoms with Gasteiger partial charge < -0.3 is 39.4 Å². The van der Waals surface area contributed by atoms with E-state index in [-0.39, 0.29) is 30.6 Å². The standard InChI is InChI=1S/C31H40O11/c1-15-19(34)13-30(28(4,5)38)22(15)23(36)25(41-27(37)18-10-8-7-9-11-18)29(6)20(35)12-21-31(14-39-21,42-17(3)33)24(29)26(30)40-16(2)32/h7-11,19-21,23-26,34-36,38H,12-14H2,1-6H3/t19-,20-,21?,23+,24-,25-,26-,29+,30-,31-/m0/s1. The highest BCUT2D eigenvalue weighted by molar-refractivity contribution is 5.89. The van der Waals surface area contributed by atoms with Crippen LogP contribution < -0.4 is 0 Å². The maximum Gasteiger partial charge on any atom is 0.338 e. The molecule has 4 N–H and O–H groups in total. The van der Waals surface area contributed by atoms with Crippen molar-refractivity contribution in [3.63, 3.8) is 0 Å². The molecule has 5 rings (SSSR count). The zero-order valence-corrected chi connectivity index (χ0v) is 24.7. The average molecular weight is 589 g/mol. The van der Waals surface area contributed by atoms with Crippen molar-refractivity contribution >= 4 is 17.9 Å². The molecule has 230 valence electrons. The molecule has 10 atom stereocenters. The normalized spacial score (nSPS) is 41.0. The van der Waals surface area contributed by atoms with E-state index in [1.54, 1.807) is 44.2 Å². The highest BCUT2D eigenvalue weighted by atomic mass is 16.6. The Kier molecular flexibility index (Phi) is 7.38. The Balaban J connectivity index is 1.84. The Morgan fingerprint density at radius 1 is 1.00 bits per heavy atom. The molecule has 11 heteroatoms. The van der Waals surface area contributed by atoms with Gasteiger partial charge in [-0.1, -0.05) is 25.1 Å². The molecule has 0 amide bonds. The summed E-state index contributed by atoms with van der Waals surface area (Å²) in [5.41, 5.74) is -5.82. The Morgan fingerprint density at radius 3 is 2.17 bits per heavy atom. The van der Waals surface area contributed by atoms with Crippen molar-refractivity contribution < 1.29 is 53.8 Å². The highest BCUT2D eigenvalue weighted by Gasteiger charge is 2.79. The molecular formula is C31H40O11. The topological polar surface area (TPSA) is 169 Å². The molecule has 0 spiro atoms. The van der Waals surface area contributed by atoms with Crippen LogP contribution in [0.15, 0.2) is 41.5 Å². The minimum absolute atomic E-state index is 0.0324. The Labute approximate surface area is 244 Å². The number of hydrogen-bond acceptors (Lipinski definition) is 11. The molecule has 1 heterocycles. The summed E-state index contributed by atoms with van der Waals surface area (Å²) in [6.45, 7) is 8.48. The lowest BCUT2D eigenvalue weighted by atomic mass is 9.49. The second kappa shape index (κ2) is 10.1. The molecule has 4 aliphatic rings. The van der Waals surface area contributed by atoms with Gasteiger partial charge in [-0.3, -0.25) is 9.59 Å². The Hall–Kier alpha value is -2.83. The lowest BCUT2D eigenvalue weighted by Gasteiger charge is -2.65. The smallest absolute Gasteiger partial charge is 0.338 e. The third-order valence-electron chi connectivity index (χ3n) is 10.3. The van der Waals surface area contributed by atoms with Gasteiger partial charge in [0, 0.05) is 25.7 Å². The predicted molar refractivity (Wildman–Crippen MR) is 146 cm³/mol. The second-order valence-corrected chi connectivity index (χ2v) is 13.0. The van der Waals surface area contributed by atoms with E-state index in [0.717, 1.165) is 0 Å². The van der Waals surface area contributed by atoms with Crippen LogP contribution in [0, 0.1) is 16.7 Å². The van der Waals surface area contributed by atoms with E-state index in [9.17, 15) is 34.8 Å². The van der Waals surface area contributed by atoms with Crippen LogP contribution in [0.4, 0.5) is 0 Å². The van der Waals surface area contributed by atoms with Gasteiger partial charge in [-0.15, -0.1) is 0 Å². The third kappa shape index (κ3) is 4.16. The van der Waals surface area contributed by atoms with Gasteiger partial charge in [0.2, 0.25) is 0 Å². The van der Waals surface area contributed by atoms with Crippen LogP contribution in [0.5, 0.6) is 0 Å². The summed E-state index contributed by atoms with van der Waals surface area (Å²) in [5, 5.41) is 47.3. The van der Waals surface area contributed by atoms with Gasteiger partial charge >= 0.3 is 17.9 Å². The molecule has 0 aromatic heterocycles. The number of carbonyl (C=O) groups excluding carboxylic acids is 3. The molecule has 11 nitrogen and oxygen atoms in total. The molecule has 3 fully saturated rings. The largest absolute Gasteiger partial charge is 0.461 e. The summed E-state index contributed by atoms with van der Waals surface area (Å²) in [7, 11) is 0. The van der Waals surface area contributed by atoms with Crippen LogP contribution >= 0.6 is 0 Å². The molecule has 1 aromatic carbocycles. The van der Waals surface area contributed by atoms with Crippen molar-refractivity contribution in [3.8, 4) is 0 Å². The summed E-state index contributed by atoms with van der Waals surface area (Å²) in [4.78, 5) is 39.0. The van der Waals surface area contributed by atoms with Gasteiger partial charge in [-0.25, -0.2) is 4.79 Å². The number of rotatable bonds is 5. The predicted octanol–water partition coefficient (Wildman–Crippen LogP) is 1.44. The zero-order chi connectivity index (χ0) is 31.0. The summed E-state index contributed by atoms with van der Waals surface area (Å²) < 4.78 is 24.0. The Bertz CT molecular complexity index is 1300. The first-order valence-corrected chi connectivity index (χ1v) is 14.2. The molecule has 0 radical (unpaired) electrons. The van der Waals surface area contributed by atoms with E-state index < -0.39 is 82.5 Å². The summed E-state index contributed by atoms with van der Waals surface area (Å²) in [5.74, 6) is -3.32. The van der Waals surface area contributed by atoms with Crippen molar-refractivity contribution in [2.45, 2.75) is 102 Å². The minimum atomic E-state index is -1.75. The molecule has 2 saturated carbocycles. The average Bonchev–Trinajstić information content (AvgIpc) is 3.14. The maximum absolute atomic E-state index is 13.6. The number of hydrogen-bond donors (Lipinski definition) is 4. The first kappa shape index (κ1) is 30.6. The van der Waals surface area contributed by atoms with Crippen molar-refractivity contribution in [1.82, 2.24) is 0 Å². The third-order valence-corrected chi connectivity index (χ3v) is 10.3. The number of esters is 3. The minimum Gasteiger partial charge on any atom is -0.461 e. The van der Waals surface area contributed by atoms with E-state index in [2.05, 4.69) is 0 Å². The molecule has 3 aliphatic carbocycles. The molecule has 1 unspecified atom stereocenters. The number of aliphatic hydroxyl groups excluding tert-OH is 3. The summed E-state index contributed by atoms with van der Waals surface area (Å²) in [6.07, 6.45) is -7.97. The fourth-order valence-corrected chi connectivity index (χ4v) is 8.35. The van der Waals surface area contributed by atoms with Crippen LogP contribution in [0.1, 0.15) is 64.7 Å². The monoisotopic (exact) mass is 588 g/mol. The number of ether oxygens (including phenoxy) is 4. The molecule has 0 bridgehead atoms. The second-order valence-electron chi connectivity index (χ2n) is 13.0. The van der Waals surface area contributed by atoms with E-state index >= 15 is 0 Å². The van der Waals surface area contributed by atoms with Gasteiger partial charge in [0.25, 0.3) is 0 Å². The fraction of sp³-hybridized carbons (Fsp3) is 0.645. The van der Waals surface area contributed by atoms with Crippen LogP contribution in [0.2, 0.25) is 0 Å². The van der Waals surface area contributed by atoms with Gasteiger partial charge in [-0.05, 0) is 50.5 Å². The van der Waals surface area contributed by atoms with E-state index in [1.807, 2.05) is 0 Å². The van der Waals surface area contributed by atoms with Crippen LogP contribution in [-0.2, 0) is 28.5 Å². The number of carbonyl (C=O) groups is 3. The zero-order valence-electron chi connectivity index (χ0n) is 24.7. The van der Waals surface area contributed by atoms with Gasteiger partial charge in [0.05, 0.1) is 41.3 Å². The van der Waals surface area contributed by atoms with Crippen molar-refractivity contribution in [1.29, 1.82) is 0 Å². The Morgan fingerprint density at radius 2 is 1.64 bits per heavy atom. The maximum atomic E-state index is 13.6. The molecule has 1 aromatic rings. The van der Waals surface area contributed by atoms with E-state index in [4.69, 9.17) is 18.9 Å². The molecular weight excluding hydrogens is 548 g/mol. The first-order chi connectivity index (χ1) is 19.5. The van der Waals surface area contributed by atoms with Gasteiger partial charge in [-0.2, -0.15) is 0 Å². The number of benzene rings is 1. The van der Waals surface area contributed by atoms with Crippen molar-refractivity contribution in [3.05, 3.63) is 47.0 Å². The van der Waals surface area contributed by atoms with Gasteiger partial charge in [0.1, 0.15) is 24.4 Å². The van der Waals surface area contributed by atoms with Gasteiger partial charge in [0.15, 0.2) is 5.60 Å². The lowest BCUT2D eigenvalue weighted by Crippen LogP contribution is -2.79. The lowest BCUT2D eigenvalue weighted by molar-refractivity contribution is -0.351. The van der Waals surface area contributed by atoms with Crippen molar-refractivity contribution in [2.24, 2.45) is 16.7 Å². The van der Waals surface area contributed by atoms with Crippen molar-refractivity contribution in [2.75, 3.05) is 6.61 Å². The molecule has 1 aliphatic heterocycles. The first-order valence-electron chi connectivity index (χ1n) is 14.2. The molecule has 1 saturated heterocycles. The van der Waals surface area contributed by atoms with Crippen LogP contribution in [-0.4, -0.2) is 92.8 Å². The molecule has 42 heavy (non-hydrogen) atoms. The summed E-state index contributed by atoms with van der Waals surface area (Å²) in [6, 6.07) is 8.13. The number of fused-ring (bicyclic) bond motifs is 4. The fourth-order valence-electron chi connectivity index (χ4n) is 8.35. The number of aliphatic hydroxyl groups is 4. The van der Waals surface area contributed by atoms with E-state index in [1.165, 1.54) is 27.7 Å². The SMILES string of the molecule is CC(=O)O[C@H]1[C@H]2[C@@](C)([C@@H](O)CC3OC[C@]32OC(C)=O)[C@@H](OC(=O)c2ccccc2)[C@H](O)C2=C(C)[C@@H](O)C[C@]21C(C)(C)O. The van der Waals surface area contributed by atoms with Crippen LogP contribution in [0.25, 0.3) is 0 Å². The summed E-state index contributed by atoms with van der Waals surface area (Å²) >= 11 is 0. The highest BCUT2D eigenvalue weighted by Crippen LogP contribution is 2.68. The quantitative estimate of drug-likeness (QED) is 0.223. The van der Waals surface area contributed by atoms with E-state index in [0.29, 0.717) is 5.57 Å². The van der Waals surface area contributed by atoms with Crippen LogP contribution in [0.3, 0.4) is 0 Å².